The van der Waals surface area contributed by atoms with Crippen molar-refractivity contribution in [2.24, 2.45) is 5.92 Å². The zero-order valence-corrected chi connectivity index (χ0v) is 10.6. The minimum atomic E-state index is -0.905. The molecule has 1 aromatic rings. The van der Waals surface area contributed by atoms with Gasteiger partial charge in [-0.1, -0.05) is 37.6 Å². The smallest absolute Gasteiger partial charge is 0.165 e. The summed E-state index contributed by atoms with van der Waals surface area (Å²) in [5.74, 6) is -0.238. The average Bonchev–Trinajstić information content (AvgIpc) is 2.20. The Morgan fingerprint density at radius 3 is 2.56 bits per heavy atom. The number of carbonyl (C=O) groups excluding carboxylic acids is 1. The number of hydrogen-bond donors (Lipinski definition) is 1. The molecule has 2 nitrogen and oxygen atoms in total. The van der Waals surface area contributed by atoms with Crippen LogP contribution in [0, 0.1) is 12.8 Å². The van der Waals surface area contributed by atoms with E-state index in [1.807, 2.05) is 39.0 Å². The van der Waals surface area contributed by atoms with Crippen LogP contribution in [0.25, 0.3) is 0 Å². The topological polar surface area (TPSA) is 37.3 Å². The van der Waals surface area contributed by atoms with Crippen LogP contribution < -0.4 is 0 Å². The van der Waals surface area contributed by atoms with Gasteiger partial charge in [-0.05, 0) is 30.0 Å². The highest BCUT2D eigenvalue weighted by Gasteiger charge is 2.19. The molecule has 0 aliphatic heterocycles. The van der Waals surface area contributed by atoms with E-state index in [-0.39, 0.29) is 18.1 Å². The Morgan fingerprint density at radius 1 is 1.44 bits per heavy atom. The summed E-state index contributed by atoms with van der Waals surface area (Å²) in [5, 5.41) is 10.2. The summed E-state index contributed by atoms with van der Waals surface area (Å²) in [6, 6.07) is 5.57. The Bertz CT molecular complexity index is 386. The highest BCUT2D eigenvalue weighted by molar-refractivity contribution is 6.31. The molecule has 0 heterocycles. The molecule has 0 aliphatic carbocycles. The molecular formula is C13H17ClO2. The predicted octanol–water partition coefficient (Wildman–Crippen LogP) is 2.78. The zero-order valence-electron chi connectivity index (χ0n) is 9.83. The van der Waals surface area contributed by atoms with Crippen molar-refractivity contribution in [3.8, 4) is 0 Å². The average molecular weight is 241 g/mol. The minimum absolute atomic E-state index is 0.0586. The van der Waals surface area contributed by atoms with Crippen molar-refractivity contribution in [3.63, 3.8) is 0 Å². The first kappa shape index (κ1) is 13.2. The fourth-order valence-electron chi connectivity index (χ4n) is 1.46. The molecule has 0 saturated carbocycles. The molecule has 16 heavy (non-hydrogen) atoms. The number of halogens is 1. The molecule has 1 rings (SSSR count). The molecule has 0 spiro atoms. The number of aliphatic hydroxyl groups is 1. The van der Waals surface area contributed by atoms with Gasteiger partial charge >= 0.3 is 0 Å². The maximum absolute atomic E-state index is 11.7. The Morgan fingerprint density at radius 2 is 2.06 bits per heavy atom. The first-order valence-corrected chi connectivity index (χ1v) is 5.75. The summed E-state index contributed by atoms with van der Waals surface area (Å²) in [6.45, 7) is 5.58. The molecular weight excluding hydrogens is 224 g/mol. The highest BCUT2D eigenvalue weighted by atomic mass is 35.5. The lowest BCUT2D eigenvalue weighted by molar-refractivity contribution is -0.128. The Labute approximate surface area is 101 Å². The monoisotopic (exact) mass is 240 g/mol. The van der Waals surface area contributed by atoms with Crippen molar-refractivity contribution in [3.05, 3.63) is 34.3 Å². The van der Waals surface area contributed by atoms with E-state index in [2.05, 4.69) is 0 Å². The number of rotatable bonds is 4. The van der Waals surface area contributed by atoms with Crippen molar-refractivity contribution < 1.29 is 9.90 Å². The number of aryl methyl sites for hydroxylation is 1. The molecule has 88 valence electrons. The molecule has 3 heteroatoms. The lowest BCUT2D eigenvalue weighted by Crippen LogP contribution is -2.27. The van der Waals surface area contributed by atoms with Crippen molar-refractivity contribution >= 4 is 17.4 Å². The molecule has 1 N–H and O–H groups in total. The van der Waals surface area contributed by atoms with Gasteiger partial charge in [0.15, 0.2) is 5.78 Å². The minimum Gasteiger partial charge on any atom is -0.385 e. The molecule has 0 amide bonds. The lowest BCUT2D eigenvalue weighted by atomic mass is 9.97. The molecule has 0 aromatic heterocycles. The fourth-order valence-corrected chi connectivity index (χ4v) is 1.76. The predicted molar refractivity (Wildman–Crippen MR) is 65.7 cm³/mol. The van der Waals surface area contributed by atoms with E-state index in [9.17, 15) is 9.90 Å². The van der Waals surface area contributed by atoms with Crippen LogP contribution in [-0.2, 0) is 11.2 Å². The van der Waals surface area contributed by atoms with Gasteiger partial charge in [-0.15, -0.1) is 0 Å². The standard InChI is InChI=1S/C13H17ClO2/c1-8(2)13(16)12(15)7-10-5-4-9(3)6-11(10)14/h4-6,8,13,16H,7H2,1-3H3. The van der Waals surface area contributed by atoms with E-state index in [0.717, 1.165) is 11.1 Å². The maximum Gasteiger partial charge on any atom is 0.165 e. The summed E-state index contributed by atoms with van der Waals surface area (Å²) < 4.78 is 0. The summed E-state index contributed by atoms with van der Waals surface area (Å²) in [5.41, 5.74) is 1.84. The molecule has 0 radical (unpaired) electrons. The Kier molecular flexibility index (Phi) is 4.51. The Hall–Kier alpha value is -0.860. The lowest BCUT2D eigenvalue weighted by Gasteiger charge is -2.13. The van der Waals surface area contributed by atoms with Crippen molar-refractivity contribution in [2.45, 2.75) is 33.3 Å². The van der Waals surface area contributed by atoms with Gasteiger partial charge in [-0.3, -0.25) is 4.79 Å². The quantitative estimate of drug-likeness (QED) is 0.879. The molecule has 0 bridgehead atoms. The summed E-state index contributed by atoms with van der Waals surface area (Å²) >= 11 is 6.02. The van der Waals surface area contributed by atoms with Gasteiger partial charge in [-0.25, -0.2) is 0 Å². The van der Waals surface area contributed by atoms with Crippen molar-refractivity contribution in [1.82, 2.24) is 0 Å². The van der Waals surface area contributed by atoms with Crippen LogP contribution in [-0.4, -0.2) is 17.0 Å². The maximum atomic E-state index is 11.7. The van der Waals surface area contributed by atoms with Crippen LogP contribution >= 0.6 is 11.6 Å². The second-order valence-corrected chi connectivity index (χ2v) is 4.83. The van der Waals surface area contributed by atoms with Crippen LogP contribution in [0.5, 0.6) is 0 Å². The summed E-state index contributed by atoms with van der Waals surface area (Å²) in [7, 11) is 0. The first-order valence-electron chi connectivity index (χ1n) is 5.37. The second kappa shape index (κ2) is 5.46. The third kappa shape index (κ3) is 3.32. The number of Topliss-reactive ketones (excluding diaryl/α,β-unsaturated/α-hetero) is 1. The zero-order chi connectivity index (χ0) is 12.3. The first-order chi connectivity index (χ1) is 7.41. The summed E-state index contributed by atoms with van der Waals surface area (Å²) in [6.07, 6.45) is -0.712. The number of carbonyl (C=O) groups is 1. The van der Waals surface area contributed by atoms with E-state index in [0.29, 0.717) is 5.02 Å². The van der Waals surface area contributed by atoms with Gasteiger partial charge in [0.1, 0.15) is 6.10 Å². The van der Waals surface area contributed by atoms with Crippen LogP contribution in [0.3, 0.4) is 0 Å². The van der Waals surface area contributed by atoms with Gasteiger partial charge in [0.2, 0.25) is 0 Å². The van der Waals surface area contributed by atoms with Crippen molar-refractivity contribution in [1.29, 1.82) is 0 Å². The van der Waals surface area contributed by atoms with E-state index >= 15 is 0 Å². The highest BCUT2D eigenvalue weighted by Crippen LogP contribution is 2.19. The van der Waals surface area contributed by atoms with Gasteiger partial charge in [-0.2, -0.15) is 0 Å². The van der Waals surface area contributed by atoms with E-state index in [4.69, 9.17) is 11.6 Å². The molecule has 1 aromatic carbocycles. The van der Waals surface area contributed by atoms with Crippen LogP contribution in [0.15, 0.2) is 18.2 Å². The Balaban J connectivity index is 2.77. The molecule has 0 fully saturated rings. The molecule has 0 aliphatic rings. The van der Waals surface area contributed by atoms with Gasteiger partial charge in [0.05, 0.1) is 0 Å². The van der Waals surface area contributed by atoms with E-state index < -0.39 is 6.10 Å². The van der Waals surface area contributed by atoms with E-state index in [1.165, 1.54) is 0 Å². The number of benzene rings is 1. The number of aliphatic hydroxyl groups excluding tert-OH is 1. The largest absolute Gasteiger partial charge is 0.385 e. The molecule has 0 saturated heterocycles. The molecule has 1 atom stereocenters. The third-order valence-electron chi connectivity index (χ3n) is 2.53. The van der Waals surface area contributed by atoms with Crippen LogP contribution in [0.1, 0.15) is 25.0 Å². The van der Waals surface area contributed by atoms with Gasteiger partial charge < -0.3 is 5.11 Å². The number of ketones is 1. The molecule has 1 unspecified atom stereocenters. The van der Waals surface area contributed by atoms with Crippen LogP contribution in [0.4, 0.5) is 0 Å². The number of hydrogen-bond acceptors (Lipinski definition) is 2. The van der Waals surface area contributed by atoms with Gasteiger partial charge in [0, 0.05) is 11.4 Å². The normalized spacial score (nSPS) is 12.9. The fraction of sp³-hybridized carbons (Fsp3) is 0.462. The van der Waals surface area contributed by atoms with Gasteiger partial charge in [0.25, 0.3) is 0 Å². The van der Waals surface area contributed by atoms with Crippen LogP contribution in [0.2, 0.25) is 5.02 Å². The van der Waals surface area contributed by atoms with Crippen molar-refractivity contribution in [2.75, 3.05) is 0 Å². The SMILES string of the molecule is Cc1ccc(CC(=O)C(O)C(C)C)c(Cl)c1. The van der Waals surface area contributed by atoms with E-state index in [1.54, 1.807) is 0 Å². The second-order valence-electron chi connectivity index (χ2n) is 4.43. The summed E-state index contributed by atoms with van der Waals surface area (Å²) in [4.78, 5) is 11.7. The third-order valence-corrected chi connectivity index (χ3v) is 2.89.